The Morgan fingerprint density at radius 2 is 2.28 bits per heavy atom. The number of fused-ring (bicyclic) bond motifs is 1. The van der Waals surface area contributed by atoms with Gasteiger partial charge in [-0.05, 0) is 12.1 Å². The summed E-state index contributed by atoms with van der Waals surface area (Å²) in [5, 5.41) is 2.87. The highest BCUT2D eigenvalue weighted by Gasteiger charge is 2.09. The van der Waals surface area contributed by atoms with Gasteiger partial charge in [0, 0.05) is 25.6 Å². The minimum Gasteiger partial charge on any atom is -0.354 e. The molecule has 0 saturated carbocycles. The Morgan fingerprint density at radius 3 is 3.06 bits per heavy atom. The van der Waals surface area contributed by atoms with Gasteiger partial charge >= 0.3 is 0 Å². The molecular formula is C13H18N4O. The molecule has 1 heterocycles. The normalized spacial score (nSPS) is 12.6. The van der Waals surface area contributed by atoms with Crippen molar-refractivity contribution in [3.8, 4) is 0 Å². The number of hydrogen-bond acceptors (Lipinski definition) is 3. The van der Waals surface area contributed by atoms with E-state index < -0.39 is 0 Å². The Hall–Kier alpha value is -1.88. The van der Waals surface area contributed by atoms with Crippen LogP contribution >= 0.6 is 0 Å². The third kappa shape index (κ3) is 2.68. The van der Waals surface area contributed by atoms with E-state index in [-0.39, 0.29) is 11.8 Å². The highest BCUT2D eigenvalue weighted by molar-refractivity contribution is 5.78. The molecule has 1 unspecified atom stereocenters. The molecule has 5 heteroatoms. The molecule has 0 radical (unpaired) electrons. The van der Waals surface area contributed by atoms with Gasteiger partial charge in [-0.3, -0.25) is 4.79 Å². The lowest BCUT2D eigenvalue weighted by molar-refractivity contribution is -0.124. The maximum absolute atomic E-state index is 11.6. The molecule has 3 N–H and O–H groups in total. The van der Waals surface area contributed by atoms with Crippen LogP contribution in [0.25, 0.3) is 11.0 Å². The lowest BCUT2D eigenvalue weighted by atomic mass is 10.2. The van der Waals surface area contributed by atoms with Gasteiger partial charge in [0.15, 0.2) is 0 Å². The van der Waals surface area contributed by atoms with Gasteiger partial charge in [-0.2, -0.15) is 0 Å². The van der Waals surface area contributed by atoms with Crippen molar-refractivity contribution in [2.75, 3.05) is 13.1 Å². The molecule has 1 amide bonds. The van der Waals surface area contributed by atoms with Crippen LogP contribution in [-0.2, 0) is 11.3 Å². The summed E-state index contributed by atoms with van der Waals surface area (Å²) in [4.78, 5) is 15.8. The molecule has 2 aromatic rings. The summed E-state index contributed by atoms with van der Waals surface area (Å²) in [7, 11) is 0. The lowest BCUT2D eigenvalue weighted by Crippen LogP contribution is -2.35. The monoisotopic (exact) mass is 246 g/mol. The fraction of sp³-hybridized carbons (Fsp3) is 0.385. The second kappa shape index (κ2) is 5.64. The number of hydrogen-bond donors (Lipinski definition) is 2. The smallest absolute Gasteiger partial charge is 0.224 e. The second-order valence-corrected chi connectivity index (χ2v) is 4.35. The Kier molecular flexibility index (Phi) is 3.94. The largest absolute Gasteiger partial charge is 0.354 e. The van der Waals surface area contributed by atoms with Crippen molar-refractivity contribution >= 4 is 16.9 Å². The molecule has 1 aromatic heterocycles. The molecule has 0 aliphatic heterocycles. The standard InChI is InChI=1S/C13H18N4O/c1-10(8-14)13(18)15-6-7-17-9-16-11-4-2-3-5-12(11)17/h2-5,9-10H,6-8,14H2,1H3,(H,15,18). The third-order valence-corrected chi connectivity index (χ3v) is 2.98. The molecule has 96 valence electrons. The van der Waals surface area contributed by atoms with Crippen molar-refractivity contribution in [3.05, 3.63) is 30.6 Å². The molecule has 0 spiro atoms. The fourth-order valence-corrected chi connectivity index (χ4v) is 1.77. The van der Waals surface area contributed by atoms with Crippen molar-refractivity contribution in [1.29, 1.82) is 0 Å². The average Bonchev–Trinajstić information content (AvgIpc) is 2.81. The number of amides is 1. The van der Waals surface area contributed by atoms with Crippen LogP contribution in [0.5, 0.6) is 0 Å². The number of aromatic nitrogens is 2. The number of carbonyl (C=O) groups excluding carboxylic acids is 1. The van der Waals surface area contributed by atoms with Crippen molar-refractivity contribution in [2.24, 2.45) is 11.7 Å². The van der Waals surface area contributed by atoms with E-state index in [1.807, 2.05) is 35.8 Å². The third-order valence-electron chi connectivity index (χ3n) is 2.98. The van der Waals surface area contributed by atoms with Crippen LogP contribution in [0.2, 0.25) is 0 Å². The van der Waals surface area contributed by atoms with Gasteiger partial charge in [-0.1, -0.05) is 19.1 Å². The minimum absolute atomic E-state index is 0.00178. The number of rotatable bonds is 5. The van der Waals surface area contributed by atoms with Crippen LogP contribution in [0.3, 0.4) is 0 Å². The molecule has 18 heavy (non-hydrogen) atoms. The second-order valence-electron chi connectivity index (χ2n) is 4.35. The van der Waals surface area contributed by atoms with E-state index in [9.17, 15) is 4.79 Å². The van der Waals surface area contributed by atoms with Crippen LogP contribution in [0, 0.1) is 5.92 Å². The van der Waals surface area contributed by atoms with Crippen LogP contribution in [-0.4, -0.2) is 28.5 Å². The van der Waals surface area contributed by atoms with Crippen LogP contribution in [0.1, 0.15) is 6.92 Å². The van der Waals surface area contributed by atoms with Gasteiger partial charge in [-0.25, -0.2) is 4.98 Å². The number of nitrogens with zero attached hydrogens (tertiary/aromatic N) is 2. The van der Waals surface area contributed by atoms with E-state index >= 15 is 0 Å². The topological polar surface area (TPSA) is 72.9 Å². The first-order valence-electron chi connectivity index (χ1n) is 6.10. The maximum Gasteiger partial charge on any atom is 0.224 e. The molecule has 0 aliphatic rings. The van der Waals surface area contributed by atoms with Crippen molar-refractivity contribution in [3.63, 3.8) is 0 Å². The van der Waals surface area contributed by atoms with Crippen LogP contribution in [0.15, 0.2) is 30.6 Å². The molecule has 5 nitrogen and oxygen atoms in total. The first-order chi connectivity index (χ1) is 8.72. The Labute approximate surface area is 106 Å². The summed E-state index contributed by atoms with van der Waals surface area (Å²) in [6, 6.07) is 7.94. The van der Waals surface area contributed by atoms with E-state index in [0.717, 1.165) is 11.0 Å². The Balaban J connectivity index is 1.93. The minimum atomic E-state index is -0.135. The molecular weight excluding hydrogens is 228 g/mol. The lowest BCUT2D eigenvalue weighted by Gasteiger charge is -2.10. The van der Waals surface area contributed by atoms with Crippen LogP contribution < -0.4 is 11.1 Å². The molecule has 0 saturated heterocycles. The Bertz CT molecular complexity index is 535. The summed E-state index contributed by atoms with van der Waals surface area (Å²) in [5.74, 6) is -0.133. The molecule has 1 atom stereocenters. The van der Waals surface area contributed by atoms with Gasteiger partial charge in [0.05, 0.1) is 17.4 Å². The predicted molar refractivity (Wildman–Crippen MR) is 71.0 cm³/mol. The van der Waals surface area contributed by atoms with E-state index in [1.165, 1.54) is 0 Å². The highest BCUT2D eigenvalue weighted by atomic mass is 16.1. The van der Waals surface area contributed by atoms with Gasteiger partial charge in [0.2, 0.25) is 5.91 Å². The molecule has 2 rings (SSSR count). The number of nitrogens with two attached hydrogens (primary N) is 1. The summed E-state index contributed by atoms with van der Waals surface area (Å²) in [5.41, 5.74) is 7.49. The van der Waals surface area contributed by atoms with E-state index in [0.29, 0.717) is 19.6 Å². The molecule has 1 aromatic carbocycles. The number of benzene rings is 1. The summed E-state index contributed by atoms with van der Waals surface area (Å²) >= 11 is 0. The zero-order valence-electron chi connectivity index (χ0n) is 10.5. The number of imidazole rings is 1. The first kappa shape index (κ1) is 12.6. The highest BCUT2D eigenvalue weighted by Crippen LogP contribution is 2.10. The first-order valence-corrected chi connectivity index (χ1v) is 6.10. The quantitative estimate of drug-likeness (QED) is 0.817. The van der Waals surface area contributed by atoms with Gasteiger partial charge < -0.3 is 15.6 Å². The van der Waals surface area contributed by atoms with Crippen LogP contribution in [0.4, 0.5) is 0 Å². The predicted octanol–water partition coefficient (Wildman–Crippen LogP) is 0.747. The SMILES string of the molecule is CC(CN)C(=O)NCCn1cnc2ccccc21. The number of nitrogens with one attached hydrogen (secondary N) is 1. The number of para-hydroxylation sites is 2. The van der Waals surface area contributed by atoms with Crippen molar-refractivity contribution in [2.45, 2.75) is 13.5 Å². The summed E-state index contributed by atoms with van der Waals surface area (Å²) < 4.78 is 2.03. The average molecular weight is 246 g/mol. The fourth-order valence-electron chi connectivity index (χ4n) is 1.77. The van der Waals surface area contributed by atoms with Crippen molar-refractivity contribution in [1.82, 2.24) is 14.9 Å². The zero-order chi connectivity index (χ0) is 13.0. The zero-order valence-corrected chi connectivity index (χ0v) is 10.5. The van der Waals surface area contributed by atoms with Gasteiger partial charge in [0.25, 0.3) is 0 Å². The molecule has 0 aliphatic carbocycles. The van der Waals surface area contributed by atoms with E-state index in [4.69, 9.17) is 5.73 Å². The molecule has 0 fully saturated rings. The van der Waals surface area contributed by atoms with E-state index in [2.05, 4.69) is 10.3 Å². The summed E-state index contributed by atoms with van der Waals surface area (Å²) in [6.07, 6.45) is 1.79. The van der Waals surface area contributed by atoms with Gasteiger partial charge in [-0.15, -0.1) is 0 Å². The van der Waals surface area contributed by atoms with Gasteiger partial charge in [0.1, 0.15) is 0 Å². The number of carbonyl (C=O) groups is 1. The van der Waals surface area contributed by atoms with Crippen molar-refractivity contribution < 1.29 is 4.79 Å². The molecule has 0 bridgehead atoms. The maximum atomic E-state index is 11.6. The van der Waals surface area contributed by atoms with E-state index in [1.54, 1.807) is 6.33 Å². The summed E-state index contributed by atoms with van der Waals surface area (Å²) in [6.45, 7) is 3.49. The Morgan fingerprint density at radius 1 is 1.50 bits per heavy atom.